The highest BCUT2D eigenvalue weighted by Crippen LogP contribution is 2.31. The number of amides is 1. The van der Waals surface area contributed by atoms with E-state index in [1.807, 2.05) is 56.3 Å². The van der Waals surface area contributed by atoms with E-state index in [0.29, 0.717) is 10.8 Å². The van der Waals surface area contributed by atoms with Crippen molar-refractivity contribution in [2.24, 2.45) is 0 Å². The van der Waals surface area contributed by atoms with Gasteiger partial charge in [0, 0.05) is 22.9 Å². The minimum absolute atomic E-state index is 0.0385. The first-order valence-corrected chi connectivity index (χ1v) is 10.9. The molecule has 0 aliphatic heterocycles. The lowest BCUT2D eigenvalue weighted by molar-refractivity contribution is -0.139. The lowest BCUT2D eigenvalue weighted by Crippen LogP contribution is -2.23. The summed E-state index contributed by atoms with van der Waals surface area (Å²) in [4.78, 5) is 30.4. The van der Waals surface area contributed by atoms with Crippen molar-refractivity contribution in [2.45, 2.75) is 27.4 Å². The molecule has 5 nitrogen and oxygen atoms in total. The minimum atomic E-state index is -0.456. The second-order valence-electron chi connectivity index (χ2n) is 6.76. The summed E-state index contributed by atoms with van der Waals surface area (Å²) in [6.45, 7) is 5.52. The van der Waals surface area contributed by atoms with Crippen molar-refractivity contribution in [3.8, 4) is 0 Å². The summed E-state index contributed by atoms with van der Waals surface area (Å²) in [5, 5.41) is 2.34. The number of carbonyl (C=O) groups excluding carboxylic acids is 2. The Bertz CT molecular complexity index is 1110. The van der Waals surface area contributed by atoms with Crippen LogP contribution in [0.3, 0.4) is 0 Å². The van der Waals surface area contributed by atoms with E-state index >= 15 is 0 Å². The van der Waals surface area contributed by atoms with Gasteiger partial charge in [0.15, 0.2) is 5.13 Å². The second kappa shape index (κ2) is 9.82. The Morgan fingerprint density at radius 3 is 2.70 bits per heavy atom. The molecule has 0 aliphatic carbocycles. The zero-order valence-corrected chi connectivity index (χ0v) is 19.3. The third kappa shape index (κ3) is 5.64. The van der Waals surface area contributed by atoms with Gasteiger partial charge in [-0.2, -0.15) is 0 Å². The van der Waals surface area contributed by atoms with Crippen LogP contribution >= 0.6 is 27.3 Å². The van der Waals surface area contributed by atoms with Crippen LogP contribution in [0.2, 0.25) is 0 Å². The third-order valence-electron chi connectivity index (χ3n) is 4.26. The maximum atomic E-state index is 12.3. The first-order valence-electron chi connectivity index (χ1n) is 9.26. The zero-order valence-electron chi connectivity index (χ0n) is 16.9. The quantitative estimate of drug-likeness (QED) is 0.319. The molecule has 2 aromatic carbocycles. The number of esters is 1. The number of halogens is 1. The van der Waals surface area contributed by atoms with Gasteiger partial charge in [-0.05, 0) is 49.2 Å². The van der Waals surface area contributed by atoms with Gasteiger partial charge in [0.2, 0.25) is 5.91 Å². The van der Waals surface area contributed by atoms with Gasteiger partial charge in [-0.1, -0.05) is 45.8 Å². The molecule has 1 amide bonds. The Morgan fingerprint density at radius 1 is 1.20 bits per heavy atom. The van der Waals surface area contributed by atoms with Gasteiger partial charge in [0.25, 0.3) is 0 Å². The third-order valence-corrected chi connectivity index (χ3v) is 5.63. The summed E-state index contributed by atoms with van der Waals surface area (Å²) in [5.41, 5.74) is 4.40. The van der Waals surface area contributed by atoms with Crippen molar-refractivity contribution in [2.75, 3.05) is 4.90 Å². The molecule has 0 unspecified atom stereocenters. The number of ether oxygens (including phenoxy) is 1. The van der Waals surface area contributed by atoms with Crippen LogP contribution in [0.5, 0.6) is 0 Å². The van der Waals surface area contributed by atoms with Crippen molar-refractivity contribution in [3.05, 3.63) is 80.8 Å². The Balaban J connectivity index is 1.67. The van der Waals surface area contributed by atoms with Crippen molar-refractivity contribution in [1.82, 2.24) is 4.98 Å². The molecular weight excluding hydrogens is 464 g/mol. The summed E-state index contributed by atoms with van der Waals surface area (Å²) in [6.07, 6.45) is 3.07. The molecular formula is C23H21BrN2O3S. The highest BCUT2D eigenvalue weighted by atomic mass is 79.9. The molecule has 0 bridgehead atoms. The van der Waals surface area contributed by atoms with Gasteiger partial charge >= 0.3 is 5.97 Å². The number of aryl methyl sites for hydroxylation is 2. The van der Waals surface area contributed by atoms with Crippen molar-refractivity contribution in [3.63, 3.8) is 0 Å². The molecule has 0 aliphatic rings. The largest absolute Gasteiger partial charge is 0.456 e. The number of anilines is 2. The first kappa shape index (κ1) is 21.9. The van der Waals surface area contributed by atoms with Crippen LogP contribution in [-0.2, 0) is 20.9 Å². The van der Waals surface area contributed by atoms with Gasteiger partial charge < -0.3 is 4.74 Å². The van der Waals surface area contributed by atoms with Gasteiger partial charge in [0.1, 0.15) is 6.61 Å². The molecule has 0 radical (unpaired) electrons. The minimum Gasteiger partial charge on any atom is -0.456 e. The van der Waals surface area contributed by atoms with E-state index in [1.54, 1.807) is 16.4 Å². The fourth-order valence-electron chi connectivity index (χ4n) is 2.90. The lowest BCUT2D eigenvalue weighted by Gasteiger charge is -2.20. The molecule has 3 rings (SSSR count). The standard InChI is InChI=1S/C23H21BrN2O3S/c1-15-7-9-21(16(2)11-15)26(17(3)27)23-25-20(14-30-23)13-29-22(28)10-8-18-5-4-6-19(24)12-18/h4-12,14H,13H2,1-3H3/b10-8+. The predicted molar refractivity (Wildman–Crippen MR) is 124 cm³/mol. The van der Waals surface area contributed by atoms with Crippen LogP contribution in [0.4, 0.5) is 10.8 Å². The summed E-state index contributed by atoms with van der Waals surface area (Å²) in [5.74, 6) is -0.584. The fraction of sp³-hybridized carbons (Fsp3) is 0.174. The van der Waals surface area contributed by atoms with E-state index in [2.05, 4.69) is 20.9 Å². The average molecular weight is 485 g/mol. The lowest BCUT2D eigenvalue weighted by atomic mass is 10.1. The molecule has 7 heteroatoms. The van der Waals surface area contributed by atoms with E-state index in [4.69, 9.17) is 4.74 Å². The zero-order chi connectivity index (χ0) is 21.7. The van der Waals surface area contributed by atoms with E-state index in [-0.39, 0.29) is 12.5 Å². The van der Waals surface area contributed by atoms with E-state index in [0.717, 1.165) is 26.9 Å². The molecule has 0 atom stereocenters. The van der Waals surface area contributed by atoms with Crippen LogP contribution in [0.25, 0.3) is 6.08 Å². The van der Waals surface area contributed by atoms with Crippen molar-refractivity contribution >= 4 is 56.0 Å². The second-order valence-corrected chi connectivity index (χ2v) is 8.51. The monoisotopic (exact) mass is 484 g/mol. The molecule has 30 heavy (non-hydrogen) atoms. The Kier molecular flexibility index (Phi) is 7.18. The van der Waals surface area contributed by atoms with Crippen molar-refractivity contribution < 1.29 is 14.3 Å². The molecule has 0 fully saturated rings. The highest BCUT2D eigenvalue weighted by Gasteiger charge is 2.20. The highest BCUT2D eigenvalue weighted by molar-refractivity contribution is 9.10. The van der Waals surface area contributed by atoms with E-state index < -0.39 is 5.97 Å². The summed E-state index contributed by atoms with van der Waals surface area (Å²) < 4.78 is 6.22. The Hall–Kier alpha value is -2.77. The topological polar surface area (TPSA) is 59.5 Å². The smallest absolute Gasteiger partial charge is 0.331 e. The van der Waals surface area contributed by atoms with Crippen molar-refractivity contribution in [1.29, 1.82) is 0 Å². The predicted octanol–water partition coefficient (Wildman–Crippen LogP) is 5.96. The maximum absolute atomic E-state index is 12.3. The van der Waals surface area contributed by atoms with Gasteiger partial charge in [-0.3, -0.25) is 9.69 Å². The fourth-order valence-corrected chi connectivity index (χ4v) is 4.18. The molecule has 0 N–H and O–H groups in total. The Morgan fingerprint density at radius 2 is 2.00 bits per heavy atom. The Labute approximate surface area is 188 Å². The number of aromatic nitrogens is 1. The number of hydrogen-bond acceptors (Lipinski definition) is 5. The molecule has 154 valence electrons. The van der Waals surface area contributed by atoms with Gasteiger partial charge in [-0.25, -0.2) is 9.78 Å². The van der Waals surface area contributed by atoms with Gasteiger partial charge in [-0.15, -0.1) is 11.3 Å². The number of hydrogen-bond donors (Lipinski definition) is 0. The van der Waals surface area contributed by atoms with E-state index in [9.17, 15) is 9.59 Å². The molecule has 1 aromatic heterocycles. The normalized spacial score (nSPS) is 10.9. The van der Waals surface area contributed by atoms with Crippen LogP contribution < -0.4 is 4.90 Å². The summed E-state index contributed by atoms with van der Waals surface area (Å²) in [6, 6.07) is 13.5. The van der Waals surface area contributed by atoms with Crippen LogP contribution in [0.15, 0.2) is 58.4 Å². The number of thiazole rings is 1. The first-order chi connectivity index (χ1) is 14.3. The number of nitrogens with zero attached hydrogens (tertiary/aromatic N) is 2. The average Bonchev–Trinajstić information content (AvgIpc) is 3.15. The maximum Gasteiger partial charge on any atom is 0.331 e. The van der Waals surface area contributed by atoms with Crippen LogP contribution in [-0.4, -0.2) is 16.9 Å². The van der Waals surface area contributed by atoms with Crippen LogP contribution in [0.1, 0.15) is 29.3 Å². The summed E-state index contributed by atoms with van der Waals surface area (Å²) >= 11 is 4.73. The van der Waals surface area contributed by atoms with E-state index in [1.165, 1.54) is 24.3 Å². The molecule has 3 aromatic rings. The van der Waals surface area contributed by atoms with Gasteiger partial charge in [0.05, 0.1) is 11.4 Å². The molecule has 0 saturated heterocycles. The number of rotatable bonds is 6. The molecule has 0 spiro atoms. The number of carbonyl (C=O) groups is 2. The summed E-state index contributed by atoms with van der Waals surface area (Å²) in [7, 11) is 0. The number of benzene rings is 2. The van der Waals surface area contributed by atoms with Crippen LogP contribution in [0, 0.1) is 13.8 Å². The molecule has 0 saturated carbocycles. The molecule has 1 heterocycles. The SMILES string of the molecule is CC(=O)N(c1nc(COC(=O)/C=C/c2cccc(Br)c2)cs1)c1ccc(C)cc1C.